The second-order valence-electron chi connectivity index (χ2n) is 9.32. The Labute approximate surface area is 192 Å². The van der Waals surface area contributed by atoms with Crippen LogP contribution < -0.4 is 10.1 Å². The average molecular weight is 459 g/mol. The van der Waals surface area contributed by atoms with E-state index in [1.54, 1.807) is 19.1 Å². The van der Waals surface area contributed by atoms with Gasteiger partial charge in [0.2, 0.25) is 10.0 Å². The van der Waals surface area contributed by atoms with Gasteiger partial charge in [0.05, 0.1) is 11.4 Å². The molecule has 0 atom stereocenters. The molecule has 2 aromatic rings. The van der Waals surface area contributed by atoms with Gasteiger partial charge >= 0.3 is 0 Å². The molecule has 174 valence electrons. The first-order valence-corrected chi connectivity index (χ1v) is 12.7. The Hall–Kier alpha value is -2.38. The minimum Gasteiger partial charge on any atom is -0.492 e. The van der Waals surface area contributed by atoms with E-state index < -0.39 is 10.0 Å². The molecule has 0 aliphatic carbocycles. The normalized spacial score (nSPS) is 15.4. The average Bonchev–Trinajstić information content (AvgIpc) is 2.77. The summed E-state index contributed by atoms with van der Waals surface area (Å²) in [6, 6.07) is 12.7. The molecule has 3 rings (SSSR count). The molecule has 1 aliphatic heterocycles. The van der Waals surface area contributed by atoms with Crippen LogP contribution in [0.15, 0.2) is 47.4 Å². The standard InChI is InChI=1S/C25H34N2O4S/c1-19-8-13-22(32(29,30)27-15-6-5-7-16-27)18-23(19)24(28)26-14-17-31-21-11-9-20(10-12-21)25(2,3)4/h8-13,18H,5-7,14-17H2,1-4H3,(H,26,28). The van der Waals surface area contributed by atoms with Crippen LogP contribution >= 0.6 is 0 Å². The van der Waals surface area contributed by atoms with E-state index in [0.717, 1.165) is 30.6 Å². The third kappa shape index (κ3) is 5.90. The lowest BCUT2D eigenvalue weighted by Gasteiger charge is -2.26. The van der Waals surface area contributed by atoms with Gasteiger partial charge in [0.15, 0.2) is 0 Å². The molecule has 1 amide bonds. The van der Waals surface area contributed by atoms with Crippen LogP contribution in [0.2, 0.25) is 0 Å². The van der Waals surface area contributed by atoms with Crippen molar-refractivity contribution in [3.8, 4) is 5.75 Å². The summed E-state index contributed by atoms with van der Waals surface area (Å²) in [6.07, 6.45) is 2.80. The van der Waals surface area contributed by atoms with Crippen LogP contribution in [0, 0.1) is 6.92 Å². The van der Waals surface area contributed by atoms with E-state index in [-0.39, 0.29) is 16.2 Å². The lowest BCUT2D eigenvalue weighted by atomic mass is 9.87. The molecule has 1 heterocycles. The van der Waals surface area contributed by atoms with Gasteiger partial charge in [-0.25, -0.2) is 8.42 Å². The molecule has 6 nitrogen and oxygen atoms in total. The summed E-state index contributed by atoms with van der Waals surface area (Å²) < 4.78 is 33.1. The minimum atomic E-state index is -3.58. The highest BCUT2D eigenvalue weighted by Crippen LogP contribution is 2.25. The Morgan fingerprint density at radius 2 is 1.69 bits per heavy atom. The molecule has 0 saturated carbocycles. The minimum absolute atomic E-state index is 0.0837. The summed E-state index contributed by atoms with van der Waals surface area (Å²) in [5, 5.41) is 2.83. The fourth-order valence-corrected chi connectivity index (χ4v) is 5.28. The van der Waals surface area contributed by atoms with Gasteiger partial charge in [0.1, 0.15) is 12.4 Å². The van der Waals surface area contributed by atoms with Crippen molar-refractivity contribution in [2.45, 2.75) is 57.3 Å². The Kier molecular flexibility index (Phi) is 7.62. The SMILES string of the molecule is Cc1ccc(S(=O)(=O)N2CCCCC2)cc1C(=O)NCCOc1ccc(C(C)(C)C)cc1. The Balaban J connectivity index is 1.58. The molecule has 0 unspecified atom stereocenters. The first kappa shape index (κ1) is 24.3. The summed E-state index contributed by atoms with van der Waals surface area (Å²) >= 11 is 0. The third-order valence-corrected chi connectivity index (χ3v) is 7.68. The predicted octanol–water partition coefficient (Wildman–Crippen LogP) is 4.28. The largest absolute Gasteiger partial charge is 0.492 e. The first-order valence-electron chi connectivity index (χ1n) is 11.2. The molecule has 1 aliphatic rings. The predicted molar refractivity (Wildman–Crippen MR) is 127 cm³/mol. The number of carbonyl (C=O) groups excluding carboxylic acids is 1. The number of benzene rings is 2. The lowest BCUT2D eigenvalue weighted by Crippen LogP contribution is -2.36. The topological polar surface area (TPSA) is 75.7 Å². The van der Waals surface area contributed by atoms with Gasteiger partial charge in [0, 0.05) is 18.7 Å². The van der Waals surface area contributed by atoms with Gasteiger partial charge in [-0.2, -0.15) is 4.31 Å². The molecule has 1 saturated heterocycles. The van der Waals surface area contributed by atoms with Gasteiger partial charge in [-0.15, -0.1) is 0 Å². The summed E-state index contributed by atoms with van der Waals surface area (Å²) in [5.41, 5.74) is 2.42. The maximum atomic E-state index is 13.0. The van der Waals surface area contributed by atoms with Crippen LogP contribution in [0.3, 0.4) is 0 Å². The molecule has 0 aromatic heterocycles. The maximum Gasteiger partial charge on any atom is 0.251 e. The summed E-state index contributed by atoms with van der Waals surface area (Å²) in [5.74, 6) is 0.447. The van der Waals surface area contributed by atoms with Crippen molar-refractivity contribution < 1.29 is 17.9 Å². The molecule has 0 bridgehead atoms. The van der Waals surface area contributed by atoms with Crippen LogP contribution in [0.1, 0.15) is 61.5 Å². The second kappa shape index (κ2) is 10.0. The summed E-state index contributed by atoms with van der Waals surface area (Å²) in [4.78, 5) is 12.9. The zero-order valence-corrected chi connectivity index (χ0v) is 20.3. The van der Waals surface area contributed by atoms with Crippen LogP contribution in [0.5, 0.6) is 5.75 Å². The van der Waals surface area contributed by atoms with E-state index in [2.05, 4.69) is 26.1 Å². The smallest absolute Gasteiger partial charge is 0.251 e. The fourth-order valence-electron chi connectivity index (χ4n) is 3.74. The molecule has 32 heavy (non-hydrogen) atoms. The van der Waals surface area contributed by atoms with Crippen molar-refractivity contribution in [1.29, 1.82) is 0 Å². The Bertz CT molecular complexity index is 1030. The molecule has 1 N–H and O–H groups in total. The van der Waals surface area contributed by atoms with Crippen molar-refractivity contribution in [3.63, 3.8) is 0 Å². The summed E-state index contributed by atoms with van der Waals surface area (Å²) in [7, 11) is -3.58. The number of amides is 1. The first-order chi connectivity index (χ1) is 15.1. The van der Waals surface area contributed by atoms with Crippen molar-refractivity contribution in [2.24, 2.45) is 0 Å². The highest BCUT2D eigenvalue weighted by atomic mass is 32.2. The molecule has 1 fully saturated rings. The van der Waals surface area contributed by atoms with Crippen molar-refractivity contribution in [2.75, 3.05) is 26.2 Å². The van der Waals surface area contributed by atoms with Crippen LogP contribution in [-0.4, -0.2) is 44.9 Å². The van der Waals surface area contributed by atoms with Crippen molar-refractivity contribution in [1.82, 2.24) is 9.62 Å². The molecular formula is C25H34N2O4S. The van der Waals surface area contributed by atoms with Gasteiger partial charge < -0.3 is 10.1 Å². The van der Waals surface area contributed by atoms with Crippen molar-refractivity contribution in [3.05, 3.63) is 59.2 Å². The number of hydrogen-bond donors (Lipinski definition) is 1. The van der Waals surface area contributed by atoms with E-state index in [1.807, 2.05) is 24.3 Å². The number of piperidine rings is 1. The molecule has 0 radical (unpaired) electrons. The maximum absolute atomic E-state index is 13.0. The fraction of sp³-hybridized carbons (Fsp3) is 0.480. The van der Waals surface area contributed by atoms with Gasteiger partial charge in [0.25, 0.3) is 5.91 Å². The van der Waals surface area contributed by atoms with Crippen LogP contribution in [0.25, 0.3) is 0 Å². The van der Waals surface area contributed by atoms with E-state index >= 15 is 0 Å². The van der Waals surface area contributed by atoms with Gasteiger partial charge in [-0.1, -0.05) is 45.4 Å². The molecule has 0 spiro atoms. The number of sulfonamides is 1. The number of nitrogens with one attached hydrogen (secondary N) is 1. The third-order valence-electron chi connectivity index (χ3n) is 5.78. The van der Waals surface area contributed by atoms with E-state index in [9.17, 15) is 13.2 Å². The monoisotopic (exact) mass is 458 g/mol. The highest BCUT2D eigenvalue weighted by Gasteiger charge is 2.27. The number of aryl methyl sites for hydroxylation is 1. The number of hydrogen-bond acceptors (Lipinski definition) is 4. The zero-order valence-electron chi connectivity index (χ0n) is 19.5. The molecule has 2 aromatic carbocycles. The lowest BCUT2D eigenvalue weighted by molar-refractivity contribution is 0.0946. The Morgan fingerprint density at radius 1 is 1.03 bits per heavy atom. The second-order valence-corrected chi connectivity index (χ2v) is 11.3. The number of rotatable bonds is 7. The van der Waals surface area contributed by atoms with Gasteiger partial charge in [-0.05, 0) is 60.6 Å². The Morgan fingerprint density at radius 3 is 2.31 bits per heavy atom. The van der Waals surface area contributed by atoms with E-state index in [1.165, 1.54) is 15.9 Å². The zero-order chi connectivity index (χ0) is 23.4. The number of carbonyl (C=O) groups is 1. The number of nitrogens with zero attached hydrogens (tertiary/aromatic N) is 1. The van der Waals surface area contributed by atoms with Crippen LogP contribution in [-0.2, 0) is 15.4 Å². The van der Waals surface area contributed by atoms with E-state index in [4.69, 9.17) is 4.74 Å². The van der Waals surface area contributed by atoms with Crippen molar-refractivity contribution >= 4 is 15.9 Å². The number of ether oxygens (including phenoxy) is 1. The highest BCUT2D eigenvalue weighted by molar-refractivity contribution is 7.89. The van der Waals surface area contributed by atoms with Crippen LogP contribution in [0.4, 0.5) is 0 Å². The van der Waals surface area contributed by atoms with Gasteiger partial charge in [-0.3, -0.25) is 4.79 Å². The van der Waals surface area contributed by atoms with E-state index in [0.29, 0.717) is 31.8 Å². The summed E-state index contributed by atoms with van der Waals surface area (Å²) in [6.45, 7) is 10.00. The molecule has 7 heteroatoms. The quantitative estimate of drug-likeness (QED) is 0.629. The molecular weight excluding hydrogens is 424 g/mol.